The summed E-state index contributed by atoms with van der Waals surface area (Å²) < 4.78 is 37.3. The highest BCUT2D eigenvalue weighted by Crippen LogP contribution is 2.43. The molecule has 0 spiro atoms. The van der Waals surface area contributed by atoms with Gasteiger partial charge in [0.2, 0.25) is 5.95 Å². The molecule has 150 valence electrons. The van der Waals surface area contributed by atoms with E-state index in [1.807, 2.05) is 0 Å². The van der Waals surface area contributed by atoms with Crippen molar-refractivity contribution in [3.63, 3.8) is 0 Å². The lowest BCUT2D eigenvalue weighted by Crippen LogP contribution is -2.54. The van der Waals surface area contributed by atoms with E-state index in [9.17, 15) is 17.6 Å². The van der Waals surface area contributed by atoms with Crippen LogP contribution in [0.4, 0.5) is 10.2 Å². The molecule has 2 aromatic heterocycles. The Kier molecular flexibility index (Phi) is 5.01. The van der Waals surface area contributed by atoms with Gasteiger partial charge in [-0.1, -0.05) is 17.7 Å². The second-order valence-corrected chi connectivity index (χ2v) is 11.1. The number of sulfone groups is 1. The molecule has 0 aromatic carbocycles. The summed E-state index contributed by atoms with van der Waals surface area (Å²) in [5.74, 6) is -1.53. The fourth-order valence-electron chi connectivity index (χ4n) is 2.76. The van der Waals surface area contributed by atoms with E-state index in [1.165, 1.54) is 32.0 Å². The van der Waals surface area contributed by atoms with Crippen molar-refractivity contribution in [2.45, 2.75) is 31.1 Å². The summed E-state index contributed by atoms with van der Waals surface area (Å²) >= 11 is 7.31. The number of amidine groups is 1. The van der Waals surface area contributed by atoms with Gasteiger partial charge in [-0.3, -0.25) is 9.79 Å². The lowest BCUT2D eigenvalue weighted by Gasteiger charge is -2.37. The van der Waals surface area contributed by atoms with Gasteiger partial charge in [-0.2, -0.15) is 4.39 Å². The molecule has 11 heteroatoms. The molecule has 0 fully saturated rings. The largest absolute Gasteiger partial charge is 0.386 e. The molecule has 0 saturated heterocycles. The maximum absolute atomic E-state index is 13.2. The molecule has 7 nitrogen and oxygen atoms in total. The zero-order chi connectivity index (χ0) is 20.9. The number of thiophene rings is 1. The fraction of sp³-hybridized carbons (Fsp3) is 0.353. The zero-order valence-corrected chi connectivity index (χ0v) is 17.7. The summed E-state index contributed by atoms with van der Waals surface area (Å²) in [6.45, 7) is 4.61. The third kappa shape index (κ3) is 3.51. The predicted molar refractivity (Wildman–Crippen MR) is 108 cm³/mol. The molecule has 0 bridgehead atoms. The summed E-state index contributed by atoms with van der Waals surface area (Å²) in [4.78, 5) is 21.1. The van der Waals surface area contributed by atoms with E-state index in [2.05, 4.69) is 15.3 Å². The van der Waals surface area contributed by atoms with E-state index in [0.717, 1.165) is 17.4 Å². The number of nitrogens with one attached hydrogen (secondary N) is 1. The number of aromatic nitrogens is 1. The lowest BCUT2D eigenvalue weighted by atomic mass is 10.0. The number of anilines is 1. The first-order valence-electron chi connectivity index (χ1n) is 8.17. The summed E-state index contributed by atoms with van der Waals surface area (Å²) in [7, 11) is -3.61. The number of aliphatic imine (C=N–C) groups is 1. The van der Waals surface area contributed by atoms with Crippen LogP contribution in [-0.4, -0.2) is 35.6 Å². The first-order chi connectivity index (χ1) is 12.9. The van der Waals surface area contributed by atoms with E-state index in [-0.39, 0.29) is 27.3 Å². The fourth-order valence-corrected chi connectivity index (χ4v) is 6.06. The third-order valence-electron chi connectivity index (χ3n) is 4.59. The van der Waals surface area contributed by atoms with Crippen LogP contribution in [0.3, 0.4) is 0 Å². The van der Waals surface area contributed by atoms with E-state index >= 15 is 0 Å². The van der Waals surface area contributed by atoms with E-state index in [4.69, 9.17) is 17.3 Å². The molecule has 3 rings (SSSR count). The van der Waals surface area contributed by atoms with Crippen molar-refractivity contribution < 1.29 is 17.6 Å². The molecule has 3 N–H and O–H groups in total. The predicted octanol–water partition coefficient (Wildman–Crippen LogP) is 2.97. The smallest absolute Gasteiger partial charge is 0.266 e. The van der Waals surface area contributed by atoms with Crippen molar-refractivity contribution in [3.8, 4) is 0 Å². The highest BCUT2D eigenvalue weighted by atomic mass is 35.5. The molecule has 1 aliphatic rings. The van der Waals surface area contributed by atoms with E-state index in [0.29, 0.717) is 4.88 Å². The average Bonchev–Trinajstić information content (AvgIpc) is 2.96. The van der Waals surface area contributed by atoms with Crippen LogP contribution < -0.4 is 11.1 Å². The van der Waals surface area contributed by atoms with Crippen molar-refractivity contribution in [2.24, 2.45) is 10.7 Å². The Morgan fingerprint density at radius 1 is 1.36 bits per heavy atom. The molecule has 3 heterocycles. The Labute approximate surface area is 170 Å². The molecule has 1 aliphatic heterocycles. The van der Waals surface area contributed by atoms with Gasteiger partial charge in [-0.25, -0.2) is 13.4 Å². The topological polar surface area (TPSA) is 115 Å². The number of rotatable bonds is 3. The molecule has 1 amide bonds. The first-order valence-corrected chi connectivity index (χ1v) is 11.0. The Morgan fingerprint density at radius 2 is 2.04 bits per heavy atom. The van der Waals surface area contributed by atoms with Crippen LogP contribution in [0.2, 0.25) is 5.02 Å². The number of nitrogens with zero attached hydrogens (tertiary/aromatic N) is 2. The molecule has 1 unspecified atom stereocenters. The Bertz CT molecular complexity index is 1100. The van der Waals surface area contributed by atoms with Crippen LogP contribution in [0.15, 0.2) is 29.3 Å². The SMILES string of the molecule is CC1(c2sc(C(=O)Nc3cccc(F)n3)cc2Cl)CS(=O)(=O)C(C)(C)C(N)=N1. The molecule has 0 radical (unpaired) electrons. The van der Waals surface area contributed by atoms with E-state index in [1.54, 1.807) is 6.92 Å². The summed E-state index contributed by atoms with van der Waals surface area (Å²) in [5.41, 5.74) is 4.73. The second-order valence-electron chi connectivity index (χ2n) is 7.13. The number of pyridine rings is 1. The van der Waals surface area contributed by atoms with Gasteiger partial charge in [0.1, 0.15) is 21.9 Å². The maximum atomic E-state index is 13.2. The molecule has 28 heavy (non-hydrogen) atoms. The minimum absolute atomic E-state index is 0.0133. The highest BCUT2D eigenvalue weighted by molar-refractivity contribution is 7.93. The first kappa shape index (κ1) is 20.7. The number of carbonyl (C=O) groups is 1. The normalized spacial score (nSPS) is 23.1. The van der Waals surface area contributed by atoms with Gasteiger partial charge < -0.3 is 11.1 Å². The Balaban J connectivity index is 1.96. The monoisotopic (exact) mass is 444 g/mol. The van der Waals surface area contributed by atoms with Crippen LogP contribution in [0.25, 0.3) is 0 Å². The third-order valence-corrected chi connectivity index (χ3v) is 9.09. The highest BCUT2D eigenvalue weighted by Gasteiger charge is 2.50. The summed E-state index contributed by atoms with van der Waals surface area (Å²) in [5, 5.41) is 2.68. The molecular formula is C17H18ClFN4O3S2. The average molecular weight is 445 g/mol. The van der Waals surface area contributed by atoms with Crippen molar-refractivity contribution in [1.29, 1.82) is 0 Å². The number of hydrogen-bond donors (Lipinski definition) is 2. The molecule has 1 atom stereocenters. The minimum Gasteiger partial charge on any atom is -0.386 e. The van der Waals surface area contributed by atoms with Crippen LogP contribution in [0.1, 0.15) is 35.3 Å². The van der Waals surface area contributed by atoms with Gasteiger partial charge in [0.05, 0.1) is 20.5 Å². The van der Waals surface area contributed by atoms with Gasteiger partial charge in [-0.15, -0.1) is 11.3 Å². The van der Waals surface area contributed by atoms with Crippen molar-refractivity contribution in [2.75, 3.05) is 11.1 Å². The second kappa shape index (κ2) is 6.78. The number of carbonyl (C=O) groups excluding carboxylic acids is 1. The minimum atomic E-state index is -3.61. The van der Waals surface area contributed by atoms with Crippen LogP contribution in [0.5, 0.6) is 0 Å². The Hall–Kier alpha value is -2.04. The van der Waals surface area contributed by atoms with Gasteiger partial charge in [-0.05, 0) is 39.0 Å². The summed E-state index contributed by atoms with van der Waals surface area (Å²) in [6, 6.07) is 5.43. The summed E-state index contributed by atoms with van der Waals surface area (Å²) in [6.07, 6.45) is 0. The number of halogens is 2. The van der Waals surface area contributed by atoms with Crippen LogP contribution in [0, 0.1) is 5.95 Å². The van der Waals surface area contributed by atoms with Crippen molar-refractivity contribution in [3.05, 3.63) is 45.0 Å². The van der Waals surface area contributed by atoms with Gasteiger partial charge in [0.25, 0.3) is 5.91 Å². The van der Waals surface area contributed by atoms with Crippen LogP contribution in [-0.2, 0) is 15.4 Å². The van der Waals surface area contributed by atoms with Gasteiger partial charge in [0.15, 0.2) is 9.84 Å². The van der Waals surface area contributed by atoms with Gasteiger partial charge >= 0.3 is 0 Å². The molecule has 0 saturated carbocycles. The van der Waals surface area contributed by atoms with E-state index < -0.39 is 32.0 Å². The zero-order valence-electron chi connectivity index (χ0n) is 15.3. The maximum Gasteiger partial charge on any atom is 0.266 e. The lowest BCUT2D eigenvalue weighted by molar-refractivity contribution is 0.103. The molecular weight excluding hydrogens is 427 g/mol. The number of amides is 1. The number of nitrogens with two attached hydrogens (primary N) is 1. The van der Waals surface area contributed by atoms with Crippen molar-refractivity contribution >= 4 is 50.3 Å². The number of hydrogen-bond acceptors (Lipinski definition) is 7. The standard InChI is InChI=1S/C17H18ClFN4O3S2/c1-16(2)15(20)23-17(3,8-28(16,25)26)13-9(18)7-10(27-13)14(24)22-12-6-4-5-11(19)21-12/h4-7H,8H2,1-3H3,(H2,20,23)(H,21,22,24). The van der Waals surface area contributed by atoms with Crippen LogP contribution >= 0.6 is 22.9 Å². The van der Waals surface area contributed by atoms with Gasteiger partial charge in [0, 0.05) is 0 Å². The Morgan fingerprint density at radius 3 is 2.64 bits per heavy atom. The quantitative estimate of drug-likeness (QED) is 0.706. The molecule has 2 aromatic rings. The van der Waals surface area contributed by atoms with Crippen molar-refractivity contribution in [1.82, 2.24) is 4.98 Å². The molecule has 0 aliphatic carbocycles.